The molecule has 162 valence electrons. The molecule has 3 rings (SSSR count). The molecule has 0 aliphatic heterocycles. The minimum atomic E-state index is -0.911. The zero-order chi connectivity index (χ0) is 22.5. The number of carbonyl (C=O) groups excluding carboxylic acids is 2. The highest BCUT2D eigenvalue weighted by molar-refractivity contribution is 5.98. The van der Waals surface area contributed by atoms with Crippen LogP contribution < -0.4 is 16.4 Å². The predicted molar refractivity (Wildman–Crippen MR) is 121 cm³/mol. The Labute approximate surface area is 179 Å². The number of benzene rings is 2. The third-order valence-electron chi connectivity index (χ3n) is 5.26. The maximum atomic E-state index is 13.5. The molecule has 0 fully saturated rings. The normalized spacial score (nSPS) is 12.6. The highest BCUT2D eigenvalue weighted by Gasteiger charge is 2.13. The molecule has 1 unspecified atom stereocenters. The molecule has 0 aliphatic carbocycles. The first kappa shape index (κ1) is 22.0. The summed E-state index contributed by atoms with van der Waals surface area (Å²) in [4.78, 5) is 30.4. The number of aromatic nitrogens is 1. The van der Waals surface area contributed by atoms with Gasteiger partial charge in [-0.2, -0.15) is 0 Å². The molecule has 0 aliphatic rings. The molecule has 0 bridgehead atoms. The molecule has 5 N–H and O–H groups in total. The summed E-state index contributed by atoms with van der Waals surface area (Å²) in [5.41, 5.74) is 10.2. The minimum absolute atomic E-state index is 0.136. The number of nitrogens with two attached hydrogens (primary N) is 1. The van der Waals surface area contributed by atoms with Gasteiger partial charge in [0.1, 0.15) is 5.82 Å². The van der Waals surface area contributed by atoms with E-state index < -0.39 is 12.1 Å². The highest BCUT2D eigenvalue weighted by atomic mass is 19.1. The first-order valence-electron chi connectivity index (χ1n) is 10.1. The Balaban J connectivity index is 1.87. The summed E-state index contributed by atoms with van der Waals surface area (Å²) < 4.78 is 13.5. The topological polar surface area (TPSA) is 112 Å². The van der Waals surface area contributed by atoms with E-state index in [4.69, 9.17) is 10.7 Å². The van der Waals surface area contributed by atoms with Crippen molar-refractivity contribution in [3.8, 4) is 11.1 Å². The molecule has 1 heterocycles. The van der Waals surface area contributed by atoms with E-state index in [-0.39, 0.29) is 18.3 Å². The van der Waals surface area contributed by atoms with Gasteiger partial charge in [-0.1, -0.05) is 19.9 Å². The standard InChI is InChI=1S/C23H26FN5O2/c1-4-13(2)21(12-27-23(31)29-22(25)30)28-19-8-5-15(9-14(19)3)18-11-26-20-10-16(24)6-7-17(18)20/h5-11,13,26H,4,12H2,1-3H3,(H4,25,27,29,30,31). The Morgan fingerprint density at radius 3 is 2.68 bits per heavy atom. The number of nitrogens with zero attached hydrogens (tertiary/aromatic N) is 1. The Bertz CT molecular complexity index is 1150. The number of urea groups is 2. The monoisotopic (exact) mass is 423 g/mol. The van der Waals surface area contributed by atoms with Gasteiger partial charge in [0.05, 0.1) is 12.2 Å². The third kappa shape index (κ3) is 5.28. The van der Waals surface area contributed by atoms with Crippen molar-refractivity contribution in [3.63, 3.8) is 0 Å². The van der Waals surface area contributed by atoms with E-state index in [0.717, 1.165) is 45.4 Å². The van der Waals surface area contributed by atoms with Gasteiger partial charge >= 0.3 is 12.1 Å². The zero-order valence-electron chi connectivity index (χ0n) is 17.8. The van der Waals surface area contributed by atoms with E-state index >= 15 is 0 Å². The predicted octanol–water partition coefficient (Wildman–Crippen LogP) is 4.78. The number of hydrogen-bond donors (Lipinski definition) is 4. The van der Waals surface area contributed by atoms with Crippen LogP contribution in [0.15, 0.2) is 47.6 Å². The molecule has 31 heavy (non-hydrogen) atoms. The molecule has 3 aromatic rings. The van der Waals surface area contributed by atoms with Crippen LogP contribution in [0, 0.1) is 18.7 Å². The van der Waals surface area contributed by atoms with E-state index in [0.29, 0.717) is 0 Å². The molecule has 4 amide bonds. The van der Waals surface area contributed by atoms with Crippen molar-refractivity contribution in [1.29, 1.82) is 0 Å². The van der Waals surface area contributed by atoms with Gasteiger partial charge in [0.2, 0.25) is 0 Å². The number of H-pyrrole nitrogens is 1. The number of imide groups is 1. The van der Waals surface area contributed by atoms with Crippen LogP contribution in [-0.4, -0.2) is 29.3 Å². The van der Waals surface area contributed by atoms with Crippen molar-refractivity contribution >= 4 is 34.4 Å². The van der Waals surface area contributed by atoms with Crippen LogP contribution in [-0.2, 0) is 0 Å². The molecule has 1 atom stereocenters. The van der Waals surface area contributed by atoms with Crippen LogP contribution in [0.3, 0.4) is 0 Å². The van der Waals surface area contributed by atoms with Crippen LogP contribution in [0.1, 0.15) is 25.8 Å². The van der Waals surface area contributed by atoms with E-state index in [2.05, 4.69) is 10.3 Å². The van der Waals surface area contributed by atoms with Gasteiger partial charge in [0.15, 0.2) is 0 Å². The second-order valence-electron chi connectivity index (χ2n) is 7.48. The fraction of sp³-hybridized carbons (Fsp3) is 0.261. The summed E-state index contributed by atoms with van der Waals surface area (Å²) >= 11 is 0. The molecule has 8 heteroatoms. The fourth-order valence-electron chi connectivity index (χ4n) is 3.33. The number of fused-ring (bicyclic) bond motifs is 1. The summed E-state index contributed by atoms with van der Waals surface area (Å²) in [6.45, 7) is 6.24. The molecule has 0 saturated heterocycles. The van der Waals surface area contributed by atoms with E-state index in [1.807, 2.05) is 50.5 Å². The number of nitrogens with one attached hydrogen (secondary N) is 3. The maximum absolute atomic E-state index is 13.5. The highest BCUT2D eigenvalue weighted by Crippen LogP contribution is 2.32. The smallest absolute Gasteiger partial charge is 0.323 e. The van der Waals surface area contributed by atoms with Crippen molar-refractivity contribution < 1.29 is 14.0 Å². The van der Waals surface area contributed by atoms with Crippen molar-refractivity contribution in [2.45, 2.75) is 27.2 Å². The summed E-state index contributed by atoms with van der Waals surface area (Å²) in [6, 6.07) is 9.05. The lowest BCUT2D eigenvalue weighted by Gasteiger charge is -2.15. The van der Waals surface area contributed by atoms with Crippen LogP contribution in [0.5, 0.6) is 0 Å². The Morgan fingerprint density at radius 1 is 1.23 bits per heavy atom. The van der Waals surface area contributed by atoms with Crippen LogP contribution in [0.25, 0.3) is 22.0 Å². The number of hydrogen-bond acceptors (Lipinski definition) is 3. The summed E-state index contributed by atoms with van der Waals surface area (Å²) in [5.74, 6) is -0.145. The average molecular weight is 423 g/mol. The first-order valence-corrected chi connectivity index (χ1v) is 10.1. The minimum Gasteiger partial charge on any atom is -0.360 e. The quantitative estimate of drug-likeness (QED) is 0.428. The van der Waals surface area contributed by atoms with Crippen molar-refractivity contribution in [2.75, 3.05) is 6.54 Å². The number of amides is 4. The molecule has 2 aromatic carbocycles. The summed E-state index contributed by atoms with van der Waals surface area (Å²) in [7, 11) is 0. The SMILES string of the molecule is CCC(C)C(CNC(=O)NC(N)=O)=Nc1ccc(-c2c[nH]c3cc(F)ccc23)cc1C. The Hall–Kier alpha value is -3.68. The van der Waals surface area contributed by atoms with Gasteiger partial charge < -0.3 is 16.0 Å². The van der Waals surface area contributed by atoms with E-state index in [1.54, 1.807) is 6.07 Å². The fourth-order valence-corrected chi connectivity index (χ4v) is 3.33. The number of halogens is 1. The molecule has 7 nitrogen and oxygen atoms in total. The van der Waals surface area contributed by atoms with Gasteiger partial charge in [-0.15, -0.1) is 0 Å². The number of aryl methyl sites for hydroxylation is 1. The average Bonchev–Trinajstić information content (AvgIpc) is 3.14. The molecule has 0 radical (unpaired) electrons. The molecule has 1 aromatic heterocycles. The van der Waals surface area contributed by atoms with Crippen molar-refractivity contribution in [2.24, 2.45) is 16.6 Å². The third-order valence-corrected chi connectivity index (χ3v) is 5.26. The molecule has 0 saturated carbocycles. The van der Waals surface area contributed by atoms with Gasteiger partial charge in [0.25, 0.3) is 0 Å². The second kappa shape index (κ2) is 9.42. The number of carbonyl (C=O) groups is 2. The maximum Gasteiger partial charge on any atom is 0.323 e. The van der Waals surface area contributed by atoms with E-state index in [1.165, 1.54) is 12.1 Å². The van der Waals surface area contributed by atoms with Gasteiger partial charge in [-0.3, -0.25) is 10.3 Å². The number of aromatic amines is 1. The second-order valence-corrected chi connectivity index (χ2v) is 7.48. The summed E-state index contributed by atoms with van der Waals surface area (Å²) in [6.07, 6.45) is 2.72. The Kier molecular flexibility index (Phi) is 6.69. The van der Waals surface area contributed by atoms with Crippen LogP contribution in [0.2, 0.25) is 0 Å². The number of primary amides is 1. The summed E-state index contributed by atoms with van der Waals surface area (Å²) in [5, 5.41) is 5.54. The number of rotatable bonds is 6. The number of aliphatic imine (C=N–C) groups is 1. The molecular formula is C23H26FN5O2. The van der Waals surface area contributed by atoms with Crippen LogP contribution >= 0.6 is 0 Å². The zero-order valence-corrected chi connectivity index (χ0v) is 17.8. The first-order chi connectivity index (χ1) is 14.8. The van der Waals surface area contributed by atoms with E-state index in [9.17, 15) is 14.0 Å². The van der Waals surface area contributed by atoms with Crippen molar-refractivity contribution in [3.05, 3.63) is 54.0 Å². The lowest BCUT2D eigenvalue weighted by atomic mass is 10.0. The lowest BCUT2D eigenvalue weighted by Crippen LogP contribution is -2.44. The molecule has 0 spiro atoms. The lowest BCUT2D eigenvalue weighted by molar-refractivity contribution is 0.232. The van der Waals surface area contributed by atoms with Crippen LogP contribution in [0.4, 0.5) is 19.7 Å². The largest absolute Gasteiger partial charge is 0.360 e. The van der Waals surface area contributed by atoms with Gasteiger partial charge in [-0.05, 0) is 60.7 Å². The Morgan fingerprint density at radius 2 is 2.00 bits per heavy atom. The van der Waals surface area contributed by atoms with Gasteiger partial charge in [-0.25, -0.2) is 14.0 Å². The van der Waals surface area contributed by atoms with Crippen molar-refractivity contribution in [1.82, 2.24) is 15.6 Å². The van der Waals surface area contributed by atoms with Gasteiger partial charge in [0, 0.05) is 28.4 Å². The molecular weight excluding hydrogens is 397 g/mol.